The molecule has 1 fully saturated rings. The first-order valence-corrected chi connectivity index (χ1v) is 8.65. The highest BCUT2D eigenvalue weighted by molar-refractivity contribution is 6.30. The summed E-state index contributed by atoms with van der Waals surface area (Å²) in [6.07, 6.45) is 1.60. The highest BCUT2D eigenvalue weighted by atomic mass is 35.5. The lowest BCUT2D eigenvalue weighted by molar-refractivity contribution is -0.138. The second-order valence-electron chi connectivity index (χ2n) is 6.40. The highest BCUT2D eigenvalue weighted by Crippen LogP contribution is 2.22. The summed E-state index contributed by atoms with van der Waals surface area (Å²) < 4.78 is 1.70. The largest absolute Gasteiger partial charge is 0.481 e. The average molecular weight is 362 g/mol. The van der Waals surface area contributed by atoms with E-state index >= 15 is 0 Å². The number of amides is 1. The van der Waals surface area contributed by atoms with E-state index in [0.29, 0.717) is 36.6 Å². The van der Waals surface area contributed by atoms with E-state index in [4.69, 9.17) is 16.7 Å². The summed E-state index contributed by atoms with van der Waals surface area (Å²) in [5.74, 6) is -0.745. The van der Waals surface area contributed by atoms with E-state index in [-0.39, 0.29) is 18.2 Å². The predicted molar refractivity (Wildman–Crippen MR) is 94.2 cm³/mol. The van der Waals surface area contributed by atoms with Crippen LogP contribution in [-0.4, -0.2) is 44.8 Å². The van der Waals surface area contributed by atoms with E-state index in [0.717, 1.165) is 11.4 Å². The van der Waals surface area contributed by atoms with Crippen molar-refractivity contribution in [3.63, 3.8) is 0 Å². The number of halogens is 1. The lowest BCUT2D eigenvalue weighted by Crippen LogP contribution is -2.39. The molecule has 0 saturated carbocycles. The van der Waals surface area contributed by atoms with E-state index < -0.39 is 5.97 Å². The number of carbonyl (C=O) groups is 2. The van der Waals surface area contributed by atoms with Crippen molar-refractivity contribution >= 4 is 23.5 Å². The van der Waals surface area contributed by atoms with Crippen molar-refractivity contribution in [2.24, 2.45) is 5.92 Å². The van der Waals surface area contributed by atoms with E-state index in [9.17, 15) is 9.59 Å². The lowest BCUT2D eigenvalue weighted by Gasteiger charge is -2.30. The van der Waals surface area contributed by atoms with Crippen molar-refractivity contribution in [2.75, 3.05) is 13.1 Å². The monoisotopic (exact) mass is 361 g/mol. The summed E-state index contributed by atoms with van der Waals surface area (Å²) in [5, 5.41) is 13.9. The fraction of sp³-hybridized carbons (Fsp3) is 0.389. The third-order valence-electron chi connectivity index (χ3n) is 4.52. The maximum Gasteiger partial charge on any atom is 0.303 e. The molecule has 0 bridgehead atoms. The summed E-state index contributed by atoms with van der Waals surface area (Å²) >= 11 is 6.03. The number of piperidine rings is 1. The Morgan fingerprint density at radius 1 is 1.28 bits per heavy atom. The number of aliphatic carboxylic acids is 1. The second-order valence-corrected chi connectivity index (χ2v) is 6.83. The second kappa shape index (κ2) is 7.27. The molecule has 1 N–H and O–H groups in total. The Bertz CT molecular complexity index is 795. The van der Waals surface area contributed by atoms with Crippen LogP contribution in [0, 0.1) is 12.8 Å². The van der Waals surface area contributed by atoms with Crippen LogP contribution in [0.25, 0.3) is 5.69 Å². The molecule has 0 atom stereocenters. The van der Waals surface area contributed by atoms with Gasteiger partial charge < -0.3 is 10.0 Å². The molecule has 1 saturated heterocycles. The third-order valence-corrected chi connectivity index (χ3v) is 4.76. The van der Waals surface area contributed by atoms with Crippen LogP contribution in [0.2, 0.25) is 5.02 Å². The van der Waals surface area contributed by atoms with Gasteiger partial charge in [0.15, 0.2) is 5.69 Å². The highest BCUT2D eigenvalue weighted by Gasteiger charge is 2.26. The van der Waals surface area contributed by atoms with Crippen molar-refractivity contribution in [2.45, 2.75) is 26.2 Å². The SMILES string of the molecule is Cc1cc(C(=O)N2CCC(CC(=O)O)CC2)nn1-c1cccc(Cl)c1. The molecule has 1 aliphatic rings. The number of nitrogens with zero attached hydrogens (tertiary/aromatic N) is 3. The molecule has 25 heavy (non-hydrogen) atoms. The van der Waals surface area contributed by atoms with Gasteiger partial charge in [-0.3, -0.25) is 9.59 Å². The third kappa shape index (κ3) is 4.02. The zero-order valence-corrected chi connectivity index (χ0v) is 14.7. The molecule has 3 rings (SSSR count). The van der Waals surface area contributed by atoms with Crippen LogP contribution in [0.5, 0.6) is 0 Å². The number of aryl methyl sites for hydroxylation is 1. The van der Waals surface area contributed by atoms with Gasteiger partial charge in [0.2, 0.25) is 0 Å². The summed E-state index contributed by atoms with van der Waals surface area (Å²) in [4.78, 5) is 25.3. The Labute approximate surface area is 151 Å². The Hall–Kier alpha value is -2.34. The van der Waals surface area contributed by atoms with Gasteiger partial charge >= 0.3 is 5.97 Å². The number of rotatable bonds is 4. The summed E-state index contributed by atoms with van der Waals surface area (Å²) in [7, 11) is 0. The zero-order valence-electron chi connectivity index (χ0n) is 14.0. The molecule has 0 radical (unpaired) electrons. The first-order valence-electron chi connectivity index (χ1n) is 8.27. The Balaban J connectivity index is 1.72. The minimum atomic E-state index is -0.777. The minimum Gasteiger partial charge on any atom is -0.481 e. The van der Waals surface area contributed by atoms with Gasteiger partial charge in [0.1, 0.15) is 0 Å². The van der Waals surface area contributed by atoms with E-state index in [1.807, 2.05) is 19.1 Å². The van der Waals surface area contributed by atoms with Crippen LogP contribution in [0.15, 0.2) is 30.3 Å². The summed E-state index contributed by atoms with van der Waals surface area (Å²) in [6.45, 7) is 3.03. The van der Waals surface area contributed by atoms with Gasteiger partial charge in [0, 0.05) is 30.2 Å². The Kier molecular flexibility index (Phi) is 5.08. The van der Waals surface area contributed by atoms with Crippen molar-refractivity contribution in [3.05, 3.63) is 46.7 Å². The van der Waals surface area contributed by atoms with Gasteiger partial charge in [0.05, 0.1) is 5.69 Å². The van der Waals surface area contributed by atoms with Crippen LogP contribution >= 0.6 is 11.6 Å². The van der Waals surface area contributed by atoms with E-state index in [1.165, 1.54) is 0 Å². The van der Waals surface area contributed by atoms with Gasteiger partial charge in [-0.1, -0.05) is 17.7 Å². The topological polar surface area (TPSA) is 75.4 Å². The fourth-order valence-electron chi connectivity index (χ4n) is 3.20. The number of hydrogen-bond acceptors (Lipinski definition) is 3. The molecule has 7 heteroatoms. The van der Waals surface area contributed by atoms with Crippen molar-refractivity contribution in [1.29, 1.82) is 0 Å². The van der Waals surface area contributed by atoms with Crippen LogP contribution in [0.4, 0.5) is 0 Å². The van der Waals surface area contributed by atoms with E-state index in [1.54, 1.807) is 27.8 Å². The number of aromatic nitrogens is 2. The Morgan fingerprint density at radius 2 is 2.00 bits per heavy atom. The molecule has 1 aromatic carbocycles. The normalized spacial score (nSPS) is 15.4. The van der Waals surface area contributed by atoms with Crippen molar-refractivity contribution in [1.82, 2.24) is 14.7 Å². The van der Waals surface area contributed by atoms with Gasteiger partial charge in [0.25, 0.3) is 5.91 Å². The van der Waals surface area contributed by atoms with Crippen LogP contribution in [0.1, 0.15) is 35.4 Å². The number of benzene rings is 1. The smallest absolute Gasteiger partial charge is 0.303 e. The fourth-order valence-corrected chi connectivity index (χ4v) is 3.38. The summed E-state index contributed by atoms with van der Waals surface area (Å²) in [5.41, 5.74) is 2.06. The van der Waals surface area contributed by atoms with Crippen LogP contribution < -0.4 is 0 Å². The van der Waals surface area contributed by atoms with Crippen molar-refractivity contribution in [3.8, 4) is 5.69 Å². The van der Waals surface area contributed by atoms with Crippen LogP contribution in [-0.2, 0) is 4.79 Å². The number of likely N-dealkylation sites (tertiary alicyclic amines) is 1. The first kappa shape index (κ1) is 17.5. The maximum absolute atomic E-state index is 12.7. The van der Waals surface area contributed by atoms with Gasteiger partial charge in [-0.2, -0.15) is 5.10 Å². The standard InChI is InChI=1S/C18H20ClN3O3/c1-12-9-16(20-22(12)15-4-2-3-14(19)11-15)18(25)21-7-5-13(6-8-21)10-17(23)24/h2-4,9,11,13H,5-8,10H2,1H3,(H,23,24). The molecular weight excluding hydrogens is 342 g/mol. The van der Waals surface area contributed by atoms with Crippen molar-refractivity contribution < 1.29 is 14.7 Å². The number of hydrogen-bond donors (Lipinski definition) is 1. The number of carboxylic acids is 1. The number of carbonyl (C=O) groups excluding carboxylic acids is 1. The quantitative estimate of drug-likeness (QED) is 0.907. The van der Waals surface area contributed by atoms with Gasteiger partial charge in [-0.25, -0.2) is 4.68 Å². The molecule has 0 spiro atoms. The average Bonchev–Trinajstić information content (AvgIpc) is 2.96. The summed E-state index contributed by atoms with van der Waals surface area (Å²) in [6, 6.07) is 9.09. The molecule has 132 valence electrons. The maximum atomic E-state index is 12.7. The molecule has 0 unspecified atom stereocenters. The lowest BCUT2D eigenvalue weighted by atomic mass is 9.93. The Morgan fingerprint density at radius 3 is 2.64 bits per heavy atom. The first-order chi connectivity index (χ1) is 11.9. The van der Waals surface area contributed by atoms with Crippen LogP contribution in [0.3, 0.4) is 0 Å². The molecule has 6 nitrogen and oxygen atoms in total. The molecule has 2 aromatic rings. The molecule has 1 amide bonds. The number of carboxylic acid groups (broad SMARTS) is 1. The predicted octanol–water partition coefficient (Wildman–Crippen LogP) is 3.16. The minimum absolute atomic E-state index is 0.113. The van der Waals surface area contributed by atoms with Gasteiger partial charge in [-0.05, 0) is 49.9 Å². The zero-order chi connectivity index (χ0) is 18.0. The molecule has 0 aliphatic carbocycles. The molecule has 1 aromatic heterocycles. The molecule has 2 heterocycles. The molecule has 1 aliphatic heterocycles. The van der Waals surface area contributed by atoms with E-state index in [2.05, 4.69) is 5.10 Å². The molecular formula is C18H20ClN3O3. The van der Waals surface area contributed by atoms with Gasteiger partial charge in [-0.15, -0.1) is 0 Å².